The third kappa shape index (κ3) is 2.63. The first-order valence-corrected chi connectivity index (χ1v) is 5.20. The average molecular weight is 234 g/mol. The highest BCUT2D eigenvalue weighted by molar-refractivity contribution is 5.96. The van der Waals surface area contributed by atoms with Gasteiger partial charge in [0.25, 0.3) is 5.91 Å². The summed E-state index contributed by atoms with van der Waals surface area (Å²) in [6, 6.07) is 0. The highest BCUT2D eigenvalue weighted by Gasteiger charge is 2.12. The molecule has 0 aliphatic carbocycles. The number of rotatable bonds is 4. The average Bonchev–Trinajstić information content (AvgIpc) is 2.88. The van der Waals surface area contributed by atoms with E-state index in [-0.39, 0.29) is 11.6 Å². The van der Waals surface area contributed by atoms with E-state index in [1.165, 1.54) is 4.68 Å². The van der Waals surface area contributed by atoms with E-state index in [9.17, 15) is 4.79 Å². The third-order valence-electron chi connectivity index (χ3n) is 2.29. The molecule has 2 aromatic rings. The molecule has 0 aliphatic rings. The molecule has 7 heteroatoms. The maximum atomic E-state index is 11.7. The van der Waals surface area contributed by atoms with Gasteiger partial charge in [0.15, 0.2) is 5.69 Å². The van der Waals surface area contributed by atoms with Crippen molar-refractivity contribution in [3.8, 4) is 0 Å². The summed E-state index contributed by atoms with van der Waals surface area (Å²) in [4.78, 5) is 15.6. The van der Waals surface area contributed by atoms with Gasteiger partial charge < -0.3 is 15.6 Å². The lowest BCUT2D eigenvalue weighted by Crippen LogP contribution is -2.28. The Hall–Kier alpha value is -2.31. The van der Waals surface area contributed by atoms with Crippen LogP contribution in [0.15, 0.2) is 24.9 Å². The molecule has 3 N–H and O–H groups in total. The number of imidazole rings is 1. The summed E-state index contributed by atoms with van der Waals surface area (Å²) in [5.41, 5.74) is 6.29. The van der Waals surface area contributed by atoms with Crippen molar-refractivity contribution in [2.45, 2.75) is 6.54 Å². The minimum absolute atomic E-state index is 0.261. The smallest absolute Gasteiger partial charge is 0.274 e. The fourth-order valence-corrected chi connectivity index (χ4v) is 1.48. The Kier molecular flexibility index (Phi) is 3.08. The quantitative estimate of drug-likeness (QED) is 0.755. The molecule has 0 saturated heterocycles. The fraction of sp³-hybridized carbons (Fsp3) is 0.300. The molecule has 0 fully saturated rings. The number of nitrogen functional groups attached to an aromatic ring is 1. The molecule has 1 amide bonds. The molecule has 0 bridgehead atoms. The van der Waals surface area contributed by atoms with E-state index in [0.29, 0.717) is 18.8 Å². The minimum Gasteiger partial charge on any atom is -0.396 e. The summed E-state index contributed by atoms with van der Waals surface area (Å²) in [7, 11) is 1.72. The number of anilines is 1. The summed E-state index contributed by atoms with van der Waals surface area (Å²) < 4.78 is 3.39. The van der Waals surface area contributed by atoms with Crippen LogP contribution in [0.5, 0.6) is 0 Å². The molecule has 2 heterocycles. The molecule has 2 aromatic heterocycles. The van der Waals surface area contributed by atoms with Gasteiger partial charge in [0, 0.05) is 38.7 Å². The number of amides is 1. The van der Waals surface area contributed by atoms with Gasteiger partial charge >= 0.3 is 0 Å². The Balaban J connectivity index is 1.87. The van der Waals surface area contributed by atoms with Gasteiger partial charge in [-0.05, 0) is 0 Å². The second kappa shape index (κ2) is 4.69. The summed E-state index contributed by atoms with van der Waals surface area (Å²) in [5.74, 6) is -0.261. The molecule has 2 rings (SSSR count). The number of nitrogens with zero attached hydrogens (tertiary/aromatic N) is 4. The lowest BCUT2D eigenvalue weighted by Gasteiger charge is -2.04. The number of hydrogen-bond donors (Lipinski definition) is 2. The Labute approximate surface area is 98.2 Å². The van der Waals surface area contributed by atoms with Crippen LogP contribution in [0.2, 0.25) is 0 Å². The highest BCUT2D eigenvalue weighted by atomic mass is 16.2. The van der Waals surface area contributed by atoms with Gasteiger partial charge in [-0.3, -0.25) is 9.48 Å². The van der Waals surface area contributed by atoms with Crippen molar-refractivity contribution in [1.82, 2.24) is 24.6 Å². The third-order valence-corrected chi connectivity index (χ3v) is 2.29. The molecule has 0 atom stereocenters. The van der Waals surface area contributed by atoms with Crippen LogP contribution in [0.3, 0.4) is 0 Å². The number of carbonyl (C=O) groups excluding carboxylic acids is 1. The Bertz CT molecular complexity index is 501. The highest BCUT2D eigenvalue weighted by Crippen LogP contribution is 2.07. The molecule has 0 spiro atoms. The van der Waals surface area contributed by atoms with Gasteiger partial charge in [0.05, 0.1) is 12.0 Å². The van der Waals surface area contributed by atoms with E-state index in [4.69, 9.17) is 5.73 Å². The summed E-state index contributed by atoms with van der Waals surface area (Å²) >= 11 is 0. The molecular weight excluding hydrogens is 220 g/mol. The van der Waals surface area contributed by atoms with Gasteiger partial charge in [0.2, 0.25) is 0 Å². The minimum atomic E-state index is -0.261. The zero-order valence-corrected chi connectivity index (χ0v) is 9.50. The topological polar surface area (TPSA) is 90.8 Å². The molecule has 17 heavy (non-hydrogen) atoms. The number of carbonyl (C=O) groups is 1. The Morgan fingerprint density at radius 3 is 3.00 bits per heavy atom. The van der Waals surface area contributed by atoms with Crippen molar-refractivity contribution in [3.05, 3.63) is 30.6 Å². The maximum absolute atomic E-state index is 11.7. The van der Waals surface area contributed by atoms with E-state index >= 15 is 0 Å². The molecule has 0 aromatic carbocycles. The summed E-state index contributed by atoms with van der Waals surface area (Å²) in [6.07, 6.45) is 6.83. The van der Waals surface area contributed by atoms with Crippen LogP contribution in [0.4, 0.5) is 5.69 Å². The van der Waals surface area contributed by atoms with Crippen molar-refractivity contribution < 1.29 is 4.79 Å². The van der Waals surface area contributed by atoms with Crippen molar-refractivity contribution >= 4 is 11.6 Å². The Morgan fingerprint density at radius 2 is 2.41 bits per heavy atom. The zero-order chi connectivity index (χ0) is 12.3. The zero-order valence-electron chi connectivity index (χ0n) is 9.50. The van der Waals surface area contributed by atoms with Crippen molar-refractivity contribution in [3.63, 3.8) is 0 Å². The molecule has 0 saturated carbocycles. The van der Waals surface area contributed by atoms with E-state index in [0.717, 1.165) is 0 Å². The number of hydrogen-bond acceptors (Lipinski definition) is 4. The van der Waals surface area contributed by atoms with Gasteiger partial charge in [-0.1, -0.05) is 0 Å². The first kappa shape index (κ1) is 11.2. The van der Waals surface area contributed by atoms with E-state index in [1.807, 2.05) is 10.8 Å². The van der Waals surface area contributed by atoms with Crippen LogP contribution in [-0.4, -0.2) is 31.8 Å². The van der Waals surface area contributed by atoms with Gasteiger partial charge in [0.1, 0.15) is 0 Å². The summed E-state index contributed by atoms with van der Waals surface area (Å²) in [6.45, 7) is 1.17. The Morgan fingerprint density at radius 1 is 1.59 bits per heavy atom. The number of aryl methyl sites for hydroxylation is 1. The first-order valence-electron chi connectivity index (χ1n) is 5.20. The molecule has 90 valence electrons. The molecule has 7 nitrogen and oxygen atoms in total. The van der Waals surface area contributed by atoms with Crippen molar-refractivity contribution in [2.75, 3.05) is 12.3 Å². The lowest BCUT2D eigenvalue weighted by molar-refractivity contribution is 0.0947. The SMILES string of the molecule is Cn1cc(N)c(C(=O)NCCn2ccnc2)n1. The number of nitrogens with two attached hydrogens (primary N) is 1. The monoisotopic (exact) mass is 234 g/mol. The molecule has 0 unspecified atom stereocenters. The molecule has 0 aliphatic heterocycles. The maximum Gasteiger partial charge on any atom is 0.274 e. The lowest BCUT2D eigenvalue weighted by atomic mass is 10.3. The van der Waals surface area contributed by atoms with Crippen LogP contribution in [-0.2, 0) is 13.6 Å². The first-order chi connectivity index (χ1) is 8.16. The van der Waals surface area contributed by atoms with Crippen LogP contribution < -0.4 is 11.1 Å². The van der Waals surface area contributed by atoms with Crippen molar-refractivity contribution in [2.24, 2.45) is 7.05 Å². The largest absolute Gasteiger partial charge is 0.396 e. The standard InChI is InChI=1S/C10H14N6O/c1-15-6-8(11)9(14-15)10(17)13-3-5-16-4-2-12-7-16/h2,4,6-7H,3,5,11H2,1H3,(H,13,17). The fourth-order valence-electron chi connectivity index (χ4n) is 1.48. The summed E-state index contributed by atoms with van der Waals surface area (Å²) in [5, 5.41) is 6.73. The molecular formula is C10H14N6O. The van der Waals surface area contributed by atoms with Gasteiger partial charge in [-0.15, -0.1) is 0 Å². The van der Waals surface area contributed by atoms with Crippen molar-refractivity contribution in [1.29, 1.82) is 0 Å². The second-order valence-electron chi connectivity index (χ2n) is 3.66. The number of aromatic nitrogens is 4. The van der Waals surface area contributed by atoms with Crippen LogP contribution >= 0.6 is 0 Å². The van der Waals surface area contributed by atoms with E-state index < -0.39 is 0 Å². The number of nitrogens with one attached hydrogen (secondary N) is 1. The van der Waals surface area contributed by atoms with Gasteiger partial charge in [-0.2, -0.15) is 5.10 Å². The predicted octanol–water partition coefficient (Wildman–Crippen LogP) is -0.371. The van der Waals surface area contributed by atoms with Gasteiger partial charge in [-0.25, -0.2) is 4.98 Å². The second-order valence-corrected chi connectivity index (χ2v) is 3.66. The molecule has 0 radical (unpaired) electrons. The van der Waals surface area contributed by atoms with Crippen LogP contribution in [0.1, 0.15) is 10.5 Å². The van der Waals surface area contributed by atoms with E-state index in [2.05, 4.69) is 15.4 Å². The van der Waals surface area contributed by atoms with Crippen LogP contribution in [0.25, 0.3) is 0 Å². The predicted molar refractivity (Wildman–Crippen MR) is 62.2 cm³/mol. The van der Waals surface area contributed by atoms with E-state index in [1.54, 1.807) is 25.8 Å². The normalized spacial score (nSPS) is 10.4. The van der Waals surface area contributed by atoms with Crippen LogP contribution in [0, 0.1) is 0 Å².